The van der Waals surface area contributed by atoms with E-state index in [0.717, 1.165) is 6.08 Å². The first-order valence-corrected chi connectivity index (χ1v) is 6.27. The fourth-order valence-corrected chi connectivity index (χ4v) is 1.36. The summed E-state index contributed by atoms with van der Waals surface area (Å²) in [6.45, 7) is 4.62. The molecular formula is C15H17F3O3. The SMILES string of the molecule is CC(C)(C)OC(=O)O[C@H](/C=C/c1ccccc1)C(F)(F)F. The highest BCUT2D eigenvalue weighted by atomic mass is 19.4. The minimum absolute atomic E-state index is 0.569. The molecule has 0 saturated heterocycles. The predicted molar refractivity (Wildman–Crippen MR) is 72.6 cm³/mol. The second kappa shape index (κ2) is 6.65. The molecule has 0 aliphatic rings. The van der Waals surface area contributed by atoms with Gasteiger partial charge in [0.2, 0.25) is 6.10 Å². The monoisotopic (exact) mass is 302 g/mol. The summed E-state index contributed by atoms with van der Waals surface area (Å²) in [5.41, 5.74) is -0.351. The Hall–Kier alpha value is -1.98. The summed E-state index contributed by atoms with van der Waals surface area (Å²) >= 11 is 0. The van der Waals surface area contributed by atoms with Gasteiger partial charge in [0.25, 0.3) is 0 Å². The maximum absolute atomic E-state index is 12.8. The number of carbonyl (C=O) groups excluding carboxylic acids is 1. The smallest absolute Gasteiger partial charge is 0.429 e. The highest BCUT2D eigenvalue weighted by Gasteiger charge is 2.42. The topological polar surface area (TPSA) is 35.5 Å². The molecule has 0 radical (unpaired) electrons. The molecular weight excluding hydrogens is 285 g/mol. The maximum atomic E-state index is 12.8. The largest absolute Gasteiger partial charge is 0.509 e. The second-order valence-electron chi connectivity index (χ2n) is 5.31. The van der Waals surface area contributed by atoms with Crippen LogP contribution in [-0.2, 0) is 9.47 Å². The standard InChI is InChI=1S/C15H17F3O3/c1-14(2,3)21-13(19)20-12(15(16,17)18)10-9-11-7-5-4-6-8-11/h4-10,12H,1-3H3/b10-9+/t12-/m1/s1. The van der Waals surface area contributed by atoms with Gasteiger partial charge in [-0.25, -0.2) is 4.79 Å². The van der Waals surface area contributed by atoms with Crippen LogP contribution in [0.2, 0.25) is 0 Å². The number of halogens is 3. The summed E-state index contributed by atoms with van der Waals surface area (Å²) < 4.78 is 47.6. The Labute approximate surface area is 121 Å². The minimum Gasteiger partial charge on any atom is -0.429 e. The minimum atomic E-state index is -4.71. The van der Waals surface area contributed by atoms with Crippen LogP contribution in [0.1, 0.15) is 26.3 Å². The van der Waals surface area contributed by atoms with E-state index in [2.05, 4.69) is 4.74 Å². The van der Waals surface area contributed by atoms with Crippen molar-refractivity contribution in [2.45, 2.75) is 38.7 Å². The molecule has 116 valence electrons. The van der Waals surface area contributed by atoms with Crippen molar-refractivity contribution >= 4 is 12.2 Å². The Bertz CT molecular complexity index is 487. The molecule has 3 nitrogen and oxygen atoms in total. The van der Waals surface area contributed by atoms with Gasteiger partial charge in [0.1, 0.15) is 5.60 Å². The molecule has 6 heteroatoms. The summed E-state index contributed by atoms with van der Waals surface area (Å²) in [6, 6.07) is 8.40. The van der Waals surface area contributed by atoms with Crippen molar-refractivity contribution in [3.8, 4) is 0 Å². The van der Waals surface area contributed by atoms with Gasteiger partial charge in [-0.3, -0.25) is 0 Å². The van der Waals surface area contributed by atoms with Crippen molar-refractivity contribution in [3.63, 3.8) is 0 Å². The molecule has 0 heterocycles. The van der Waals surface area contributed by atoms with Gasteiger partial charge in [-0.1, -0.05) is 36.4 Å². The maximum Gasteiger partial charge on any atom is 0.509 e. The van der Waals surface area contributed by atoms with Crippen molar-refractivity contribution in [1.82, 2.24) is 0 Å². The predicted octanol–water partition coefficient (Wildman–Crippen LogP) is 4.58. The van der Waals surface area contributed by atoms with Crippen LogP contribution < -0.4 is 0 Å². The van der Waals surface area contributed by atoms with Gasteiger partial charge in [0, 0.05) is 0 Å². The first kappa shape index (κ1) is 17.1. The average molecular weight is 302 g/mol. The lowest BCUT2D eigenvalue weighted by Gasteiger charge is -2.22. The number of benzene rings is 1. The molecule has 0 aromatic heterocycles. The third-order valence-corrected chi connectivity index (χ3v) is 2.20. The van der Waals surface area contributed by atoms with Crippen LogP contribution in [0.25, 0.3) is 6.08 Å². The fourth-order valence-electron chi connectivity index (χ4n) is 1.36. The van der Waals surface area contributed by atoms with Crippen molar-refractivity contribution in [1.29, 1.82) is 0 Å². The van der Waals surface area contributed by atoms with E-state index in [4.69, 9.17) is 4.74 Å². The number of hydrogen-bond acceptors (Lipinski definition) is 3. The van der Waals surface area contributed by atoms with E-state index in [1.165, 1.54) is 26.8 Å². The molecule has 0 aliphatic heterocycles. The van der Waals surface area contributed by atoms with Crippen molar-refractivity contribution < 1.29 is 27.4 Å². The summed E-state index contributed by atoms with van der Waals surface area (Å²) in [5.74, 6) is 0. The number of rotatable bonds is 3. The Balaban J connectivity index is 2.78. The summed E-state index contributed by atoms with van der Waals surface area (Å²) in [7, 11) is 0. The van der Waals surface area contributed by atoms with Crippen LogP contribution in [0.15, 0.2) is 36.4 Å². The van der Waals surface area contributed by atoms with Gasteiger partial charge in [-0.15, -0.1) is 0 Å². The molecule has 0 saturated carbocycles. The fraction of sp³-hybridized carbons (Fsp3) is 0.400. The molecule has 0 bridgehead atoms. The van der Waals surface area contributed by atoms with E-state index >= 15 is 0 Å². The number of ether oxygens (including phenoxy) is 2. The van der Waals surface area contributed by atoms with E-state index in [-0.39, 0.29) is 0 Å². The van der Waals surface area contributed by atoms with Crippen LogP contribution in [0.4, 0.5) is 18.0 Å². The van der Waals surface area contributed by atoms with Crippen LogP contribution >= 0.6 is 0 Å². The van der Waals surface area contributed by atoms with E-state index in [0.29, 0.717) is 5.56 Å². The quantitative estimate of drug-likeness (QED) is 0.766. The molecule has 0 aliphatic carbocycles. The first-order valence-electron chi connectivity index (χ1n) is 6.27. The van der Waals surface area contributed by atoms with Crippen LogP contribution in [0, 0.1) is 0 Å². The Morgan fingerprint density at radius 1 is 1.14 bits per heavy atom. The molecule has 0 N–H and O–H groups in total. The van der Waals surface area contributed by atoms with E-state index < -0.39 is 24.0 Å². The van der Waals surface area contributed by atoms with Gasteiger partial charge in [0.05, 0.1) is 0 Å². The lowest BCUT2D eigenvalue weighted by atomic mass is 10.2. The Morgan fingerprint density at radius 2 is 1.71 bits per heavy atom. The third kappa shape index (κ3) is 6.83. The highest BCUT2D eigenvalue weighted by molar-refractivity contribution is 5.61. The summed E-state index contributed by atoms with van der Waals surface area (Å²) in [4.78, 5) is 11.3. The third-order valence-electron chi connectivity index (χ3n) is 2.20. The van der Waals surface area contributed by atoms with E-state index in [1.807, 2.05) is 0 Å². The highest BCUT2D eigenvalue weighted by Crippen LogP contribution is 2.25. The first-order chi connectivity index (χ1) is 9.58. The molecule has 0 amide bonds. The van der Waals surface area contributed by atoms with Crippen molar-refractivity contribution in [3.05, 3.63) is 42.0 Å². The molecule has 0 unspecified atom stereocenters. The number of carbonyl (C=O) groups is 1. The van der Waals surface area contributed by atoms with Crippen LogP contribution in [0.5, 0.6) is 0 Å². The summed E-state index contributed by atoms with van der Waals surface area (Å²) in [5, 5.41) is 0. The molecule has 0 spiro atoms. The Kier molecular flexibility index (Phi) is 5.41. The van der Waals surface area contributed by atoms with Gasteiger partial charge < -0.3 is 9.47 Å². The normalized spacial score (nSPS) is 14.0. The molecule has 1 aromatic carbocycles. The summed E-state index contributed by atoms with van der Waals surface area (Å²) in [6.07, 6.45) is -6.40. The van der Waals surface area contributed by atoms with Crippen LogP contribution in [-0.4, -0.2) is 24.0 Å². The van der Waals surface area contributed by atoms with E-state index in [9.17, 15) is 18.0 Å². The molecule has 1 atom stereocenters. The zero-order chi connectivity index (χ0) is 16.1. The zero-order valence-electron chi connectivity index (χ0n) is 12.0. The van der Waals surface area contributed by atoms with Crippen molar-refractivity contribution in [2.75, 3.05) is 0 Å². The van der Waals surface area contributed by atoms with Gasteiger partial charge in [-0.2, -0.15) is 13.2 Å². The molecule has 1 rings (SSSR count). The van der Waals surface area contributed by atoms with Gasteiger partial charge in [-0.05, 0) is 32.4 Å². The number of alkyl halides is 3. The van der Waals surface area contributed by atoms with Crippen molar-refractivity contribution in [2.24, 2.45) is 0 Å². The van der Waals surface area contributed by atoms with Gasteiger partial charge in [0.15, 0.2) is 0 Å². The second-order valence-corrected chi connectivity index (χ2v) is 5.31. The zero-order valence-corrected chi connectivity index (χ0v) is 12.0. The van der Waals surface area contributed by atoms with Gasteiger partial charge >= 0.3 is 12.3 Å². The molecule has 0 fully saturated rings. The number of hydrogen-bond donors (Lipinski definition) is 0. The molecule has 1 aromatic rings. The van der Waals surface area contributed by atoms with Crippen LogP contribution in [0.3, 0.4) is 0 Å². The lowest BCUT2D eigenvalue weighted by Crippen LogP contribution is -2.34. The molecule has 21 heavy (non-hydrogen) atoms. The van der Waals surface area contributed by atoms with E-state index in [1.54, 1.807) is 30.3 Å². The lowest BCUT2D eigenvalue weighted by molar-refractivity contribution is -0.195. The Morgan fingerprint density at radius 3 is 2.19 bits per heavy atom. The average Bonchev–Trinajstić information content (AvgIpc) is 2.32.